The van der Waals surface area contributed by atoms with Crippen LogP contribution in [0.2, 0.25) is 0 Å². The molecule has 3 atom stereocenters. The number of hydrogen-bond acceptors (Lipinski definition) is 3. The van der Waals surface area contributed by atoms with Gasteiger partial charge in [-0.15, -0.1) is 11.8 Å². The Bertz CT molecular complexity index is 413. The zero-order valence-corrected chi connectivity index (χ0v) is 14.6. The first-order valence-electron chi connectivity index (χ1n) is 7.59. The highest BCUT2D eigenvalue weighted by molar-refractivity contribution is 9.10. The van der Waals surface area contributed by atoms with Crippen molar-refractivity contribution in [2.75, 3.05) is 5.75 Å². The van der Waals surface area contributed by atoms with Crippen LogP contribution in [0.4, 0.5) is 0 Å². The Morgan fingerprint density at radius 3 is 2.90 bits per heavy atom. The topological polar surface area (TPSA) is 38.0 Å². The molecule has 1 aliphatic carbocycles. The summed E-state index contributed by atoms with van der Waals surface area (Å²) in [6.07, 6.45) is 6.74. The molecule has 20 heavy (non-hydrogen) atoms. The lowest BCUT2D eigenvalue weighted by atomic mass is 9.74. The molecule has 0 aromatic heterocycles. The SMILES string of the molecule is CCC1CCCCC1C(CSc1cccc(Br)c1)NN. The Labute approximate surface area is 135 Å². The molecular weight excluding hydrogens is 332 g/mol. The number of hydrazine groups is 1. The summed E-state index contributed by atoms with van der Waals surface area (Å²) in [5.74, 6) is 8.47. The van der Waals surface area contributed by atoms with E-state index in [0.717, 1.165) is 22.1 Å². The van der Waals surface area contributed by atoms with E-state index in [2.05, 4.69) is 52.5 Å². The van der Waals surface area contributed by atoms with E-state index < -0.39 is 0 Å². The first-order chi connectivity index (χ1) is 9.74. The number of nitrogens with one attached hydrogen (secondary N) is 1. The fourth-order valence-electron chi connectivity index (χ4n) is 3.31. The highest BCUT2D eigenvalue weighted by atomic mass is 79.9. The predicted molar refractivity (Wildman–Crippen MR) is 91.7 cm³/mol. The van der Waals surface area contributed by atoms with Crippen LogP contribution in [-0.2, 0) is 0 Å². The molecule has 0 aliphatic heterocycles. The second kappa shape index (κ2) is 8.42. The van der Waals surface area contributed by atoms with Gasteiger partial charge in [0.05, 0.1) is 0 Å². The van der Waals surface area contributed by atoms with Crippen LogP contribution in [0.15, 0.2) is 33.6 Å². The van der Waals surface area contributed by atoms with Gasteiger partial charge in [0.1, 0.15) is 0 Å². The molecule has 0 radical (unpaired) electrons. The summed E-state index contributed by atoms with van der Waals surface area (Å²) in [7, 11) is 0. The highest BCUT2D eigenvalue weighted by Gasteiger charge is 2.30. The van der Waals surface area contributed by atoms with E-state index in [4.69, 9.17) is 5.84 Å². The van der Waals surface area contributed by atoms with Crippen LogP contribution in [0.5, 0.6) is 0 Å². The maximum atomic E-state index is 5.84. The molecule has 0 amide bonds. The number of thioether (sulfide) groups is 1. The van der Waals surface area contributed by atoms with E-state index in [1.54, 1.807) is 0 Å². The Hall–Kier alpha value is -0.0300. The van der Waals surface area contributed by atoms with E-state index in [1.807, 2.05) is 11.8 Å². The lowest BCUT2D eigenvalue weighted by Crippen LogP contribution is -2.46. The second-order valence-electron chi connectivity index (χ2n) is 5.66. The van der Waals surface area contributed by atoms with E-state index in [0.29, 0.717) is 6.04 Å². The van der Waals surface area contributed by atoms with Crippen LogP contribution in [0, 0.1) is 11.8 Å². The van der Waals surface area contributed by atoms with Crippen LogP contribution < -0.4 is 11.3 Å². The van der Waals surface area contributed by atoms with Crippen LogP contribution in [-0.4, -0.2) is 11.8 Å². The third-order valence-electron chi connectivity index (χ3n) is 4.45. The van der Waals surface area contributed by atoms with Gasteiger partial charge in [-0.05, 0) is 36.5 Å². The third kappa shape index (κ3) is 4.48. The summed E-state index contributed by atoms with van der Waals surface area (Å²) < 4.78 is 1.14. The maximum absolute atomic E-state index is 5.84. The van der Waals surface area contributed by atoms with Gasteiger partial charge in [0.15, 0.2) is 0 Å². The molecule has 1 fully saturated rings. The fraction of sp³-hybridized carbons (Fsp3) is 0.625. The van der Waals surface area contributed by atoms with Crippen molar-refractivity contribution in [1.82, 2.24) is 5.43 Å². The van der Waals surface area contributed by atoms with Gasteiger partial charge in [0.25, 0.3) is 0 Å². The van der Waals surface area contributed by atoms with Crippen molar-refractivity contribution in [1.29, 1.82) is 0 Å². The zero-order valence-electron chi connectivity index (χ0n) is 12.1. The van der Waals surface area contributed by atoms with Crippen LogP contribution in [0.25, 0.3) is 0 Å². The molecule has 0 spiro atoms. The molecule has 2 rings (SSSR count). The predicted octanol–water partition coefficient (Wildman–Crippen LogP) is 4.59. The largest absolute Gasteiger partial charge is 0.271 e. The zero-order chi connectivity index (χ0) is 14.4. The smallest absolute Gasteiger partial charge is 0.0335 e. The van der Waals surface area contributed by atoms with Crippen molar-refractivity contribution in [2.45, 2.75) is 50.0 Å². The standard InChI is InChI=1S/C16H25BrN2S/c1-2-12-6-3-4-9-15(12)16(19-18)11-20-14-8-5-7-13(17)10-14/h5,7-8,10,12,15-16,19H,2-4,6,9,11,18H2,1H3. The molecule has 3 N–H and O–H groups in total. The van der Waals surface area contributed by atoms with E-state index in [-0.39, 0.29) is 0 Å². The monoisotopic (exact) mass is 356 g/mol. The molecule has 1 aromatic rings. The molecule has 1 saturated carbocycles. The van der Waals surface area contributed by atoms with Crippen molar-refractivity contribution in [3.05, 3.63) is 28.7 Å². The number of nitrogens with two attached hydrogens (primary N) is 1. The van der Waals surface area contributed by atoms with Crippen molar-refractivity contribution in [3.8, 4) is 0 Å². The third-order valence-corrected chi connectivity index (χ3v) is 6.06. The number of benzene rings is 1. The first kappa shape index (κ1) is 16.3. The van der Waals surface area contributed by atoms with Gasteiger partial charge in [0.2, 0.25) is 0 Å². The lowest BCUT2D eigenvalue weighted by Gasteiger charge is -2.36. The lowest BCUT2D eigenvalue weighted by molar-refractivity contribution is 0.186. The summed E-state index contributed by atoms with van der Waals surface area (Å²) in [4.78, 5) is 1.31. The van der Waals surface area contributed by atoms with Gasteiger partial charge in [0, 0.05) is 21.2 Å². The molecular formula is C16H25BrN2S. The molecule has 0 bridgehead atoms. The summed E-state index contributed by atoms with van der Waals surface area (Å²) in [5, 5.41) is 0. The van der Waals surface area contributed by atoms with Gasteiger partial charge >= 0.3 is 0 Å². The number of halogens is 1. The summed E-state index contributed by atoms with van der Waals surface area (Å²) in [6.45, 7) is 2.32. The minimum absolute atomic E-state index is 0.421. The first-order valence-corrected chi connectivity index (χ1v) is 9.37. The second-order valence-corrected chi connectivity index (χ2v) is 7.67. The maximum Gasteiger partial charge on any atom is 0.0335 e. The minimum atomic E-state index is 0.421. The molecule has 112 valence electrons. The van der Waals surface area contributed by atoms with Crippen molar-refractivity contribution in [3.63, 3.8) is 0 Å². The van der Waals surface area contributed by atoms with Crippen molar-refractivity contribution < 1.29 is 0 Å². The summed E-state index contributed by atoms with van der Waals surface area (Å²) in [5.41, 5.74) is 3.09. The molecule has 1 aliphatic rings. The van der Waals surface area contributed by atoms with Gasteiger partial charge in [-0.1, -0.05) is 54.6 Å². The molecule has 0 saturated heterocycles. The molecule has 3 unspecified atom stereocenters. The highest BCUT2D eigenvalue weighted by Crippen LogP contribution is 2.36. The summed E-state index contributed by atoms with van der Waals surface area (Å²) >= 11 is 5.43. The molecule has 1 aromatic carbocycles. The van der Waals surface area contributed by atoms with E-state index >= 15 is 0 Å². The van der Waals surface area contributed by atoms with Crippen LogP contribution in [0.1, 0.15) is 39.0 Å². The number of rotatable bonds is 6. The molecule has 2 nitrogen and oxygen atoms in total. The minimum Gasteiger partial charge on any atom is -0.271 e. The van der Waals surface area contributed by atoms with Crippen LogP contribution in [0.3, 0.4) is 0 Å². The van der Waals surface area contributed by atoms with Gasteiger partial charge in [-0.2, -0.15) is 0 Å². The molecule has 4 heteroatoms. The normalized spacial score (nSPS) is 24.6. The van der Waals surface area contributed by atoms with Crippen molar-refractivity contribution in [2.24, 2.45) is 17.7 Å². The van der Waals surface area contributed by atoms with E-state index in [9.17, 15) is 0 Å². The average Bonchev–Trinajstić information content (AvgIpc) is 2.48. The Kier molecular flexibility index (Phi) is 6.88. The van der Waals surface area contributed by atoms with Gasteiger partial charge < -0.3 is 0 Å². The van der Waals surface area contributed by atoms with Gasteiger partial charge in [-0.25, -0.2) is 0 Å². The quantitative estimate of drug-likeness (QED) is 0.444. The Balaban J connectivity index is 1.94. The van der Waals surface area contributed by atoms with Crippen molar-refractivity contribution >= 4 is 27.7 Å². The average molecular weight is 357 g/mol. The van der Waals surface area contributed by atoms with Crippen LogP contribution >= 0.6 is 27.7 Å². The Morgan fingerprint density at radius 1 is 1.40 bits per heavy atom. The Morgan fingerprint density at radius 2 is 2.20 bits per heavy atom. The number of hydrogen-bond donors (Lipinski definition) is 2. The fourth-order valence-corrected chi connectivity index (χ4v) is 4.96. The van der Waals surface area contributed by atoms with Gasteiger partial charge in [-0.3, -0.25) is 11.3 Å². The summed E-state index contributed by atoms with van der Waals surface area (Å²) in [6, 6.07) is 8.92. The molecule has 0 heterocycles. The van der Waals surface area contributed by atoms with E-state index in [1.165, 1.54) is 37.0 Å².